The van der Waals surface area contributed by atoms with E-state index in [9.17, 15) is 0 Å². The number of anilines is 2. The quantitative estimate of drug-likeness (QED) is 0.705. The molecule has 3 rings (SSSR count). The predicted molar refractivity (Wildman–Crippen MR) is 87.2 cm³/mol. The van der Waals surface area contributed by atoms with Crippen LogP contribution >= 0.6 is 15.9 Å². The summed E-state index contributed by atoms with van der Waals surface area (Å²) in [5, 5.41) is 8.27. The summed E-state index contributed by atoms with van der Waals surface area (Å²) in [6.45, 7) is 4.48. The van der Waals surface area contributed by atoms with Crippen LogP contribution in [-0.4, -0.2) is 10.1 Å². The standard InChI is InChI=1S/C15H15BrN4O/c1-8-12(9(2)21-20-8)7-18-14-4-3-13(17)11-5-10(16)6-19-15(11)14/h3-6,18H,7,17H2,1-2H3. The van der Waals surface area contributed by atoms with Crippen molar-refractivity contribution in [3.63, 3.8) is 0 Å². The van der Waals surface area contributed by atoms with Gasteiger partial charge in [0.2, 0.25) is 0 Å². The molecule has 0 radical (unpaired) electrons. The van der Waals surface area contributed by atoms with E-state index in [1.807, 2.05) is 32.0 Å². The summed E-state index contributed by atoms with van der Waals surface area (Å²) in [6.07, 6.45) is 1.77. The summed E-state index contributed by atoms with van der Waals surface area (Å²) in [5.41, 5.74) is 10.5. The van der Waals surface area contributed by atoms with E-state index in [4.69, 9.17) is 10.3 Å². The summed E-state index contributed by atoms with van der Waals surface area (Å²) in [7, 11) is 0. The first-order valence-corrected chi connectivity index (χ1v) is 7.35. The second-order valence-electron chi connectivity index (χ2n) is 4.91. The van der Waals surface area contributed by atoms with Crippen molar-refractivity contribution in [3.8, 4) is 0 Å². The number of aryl methyl sites for hydroxylation is 2. The highest BCUT2D eigenvalue weighted by molar-refractivity contribution is 9.10. The molecule has 0 fully saturated rings. The van der Waals surface area contributed by atoms with Crippen LogP contribution in [0.25, 0.3) is 10.9 Å². The lowest BCUT2D eigenvalue weighted by Crippen LogP contribution is -2.03. The van der Waals surface area contributed by atoms with Gasteiger partial charge in [-0.3, -0.25) is 4.98 Å². The van der Waals surface area contributed by atoms with Gasteiger partial charge in [0.15, 0.2) is 0 Å². The zero-order valence-electron chi connectivity index (χ0n) is 11.8. The molecular weight excluding hydrogens is 332 g/mol. The van der Waals surface area contributed by atoms with Crippen LogP contribution in [0.1, 0.15) is 17.0 Å². The largest absolute Gasteiger partial charge is 0.398 e. The Hall–Kier alpha value is -2.08. The monoisotopic (exact) mass is 346 g/mol. The Morgan fingerprint density at radius 1 is 1.33 bits per heavy atom. The van der Waals surface area contributed by atoms with E-state index in [-0.39, 0.29) is 0 Å². The van der Waals surface area contributed by atoms with Gasteiger partial charge in [0.05, 0.1) is 16.9 Å². The highest BCUT2D eigenvalue weighted by atomic mass is 79.9. The van der Waals surface area contributed by atoms with Crippen LogP contribution in [0.5, 0.6) is 0 Å². The first-order chi connectivity index (χ1) is 10.1. The average molecular weight is 347 g/mol. The number of halogens is 1. The third kappa shape index (κ3) is 2.58. The SMILES string of the molecule is Cc1noc(C)c1CNc1ccc(N)c2cc(Br)cnc12. The number of aromatic nitrogens is 2. The van der Waals surface area contributed by atoms with Crippen molar-refractivity contribution in [1.29, 1.82) is 0 Å². The zero-order chi connectivity index (χ0) is 15.0. The molecule has 0 saturated heterocycles. The number of benzene rings is 1. The number of hydrogen-bond donors (Lipinski definition) is 2. The first-order valence-electron chi connectivity index (χ1n) is 6.55. The Labute approximate surface area is 130 Å². The van der Waals surface area contributed by atoms with Gasteiger partial charge in [-0.05, 0) is 48.0 Å². The van der Waals surface area contributed by atoms with Gasteiger partial charge in [-0.2, -0.15) is 0 Å². The fraction of sp³-hybridized carbons (Fsp3) is 0.200. The molecule has 21 heavy (non-hydrogen) atoms. The number of nitrogens with zero attached hydrogens (tertiary/aromatic N) is 2. The lowest BCUT2D eigenvalue weighted by molar-refractivity contribution is 0.392. The van der Waals surface area contributed by atoms with Gasteiger partial charge in [-0.25, -0.2) is 0 Å². The van der Waals surface area contributed by atoms with Crippen molar-refractivity contribution in [2.24, 2.45) is 0 Å². The Bertz CT molecular complexity index is 793. The molecule has 2 aromatic heterocycles. The Kier molecular flexibility index (Phi) is 3.55. The molecule has 3 N–H and O–H groups in total. The van der Waals surface area contributed by atoms with E-state index in [0.717, 1.165) is 38.1 Å². The van der Waals surface area contributed by atoms with Crippen molar-refractivity contribution in [1.82, 2.24) is 10.1 Å². The summed E-state index contributed by atoms with van der Waals surface area (Å²) < 4.78 is 6.08. The third-order valence-corrected chi connectivity index (χ3v) is 3.92. The van der Waals surface area contributed by atoms with Crippen molar-refractivity contribution in [2.45, 2.75) is 20.4 Å². The van der Waals surface area contributed by atoms with Crippen molar-refractivity contribution in [3.05, 3.63) is 45.9 Å². The average Bonchev–Trinajstić information content (AvgIpc) is 2.78. The van der Waals surface area contributed by atoms with Crippen LogP contribution in [0.2, 0.25) is 0 Å². The highest BCUT2D eigenvalue weighted by Gasteiger charge is 2.10. The number of nitrogen functional groups attached to an aromatic ring is 1. The smallest absolute Gasteiger partial charge is 0.138 e. The van der Waals surface area contributed by atoms with Gasteiger partial charge in [-0.1, -0.05) is 5.16 Å². The maximum atomic E-state index is 6.02. The Morgan fingerprint density at radius 2 is 2.14 bits per heavy atom. The molecule has 0 bridgehead atoms. The van der Waals surface area contributed by atoms with Crippen LogP contribution < -0.4 is 11.1 Å². The van der Waals surface area contributed by atoms with Gasteiger partial charge in [0, 0.05) is 33.9 Å². The second kappa shape index (κ2) is 5.37. The molecule has 108 valence electrons. The van der Waals surface area contributed by atoms with E-state index < -0.39 is 0 Å². The fourth-order valence-corrected chi connectivity index (χ4v) is 2.63. The Morgan fingerprint density at radius 3 is 2.86 bits per heavy atom. The minimum atomic E-state index is 0.637. The van der Waals surface area contributed by atoms with E-state index in [1.54, 1.807) is 6.20 Å². The number of pyridine rings is 1. The maximum absolute atomic E-state index is 6.02. The van der Waals surface area contributed by atoms with Crippen LogP contribution in [0.15, 0.2) is 33.4 Å². The van der Waals surface area contributed by atoms with Gasteiger partial charge < -0.3 is 15.6 Å². The van der Waals surface area contributed by atoms with Gasteiger partial charge in [-0.15, -0.1) is 0 Å². The lowest BCUT2D eigenvalue weighted by atomic mass is 10.1. The molecule has 2 heterocycles. The molecule has 1 aromatic carbocycles. The van der Waals surface area contributed by atoms with Gasteiger partial charge in [0.25, 0.3) is 0 Å². The van der Waals surface area contributed by atoms with Crippen molar-refractivity contribution in [2.75, 3.05) is 11.1 Å². The van der Waals surface area contributed by atoms with Crippen molar-refractivity contribution < 1.29 is 4.52 Å². The molecule has 0 aliphatic heterocycles. The molecule has 5 nitrogen and oxygen atoms in total. The normalized spacial score (nSPS) is 11.0. The molecule has 0 aliphatic rings. The minimum absolute atomic E-state index is 0.637. The molecular formula is C15H15BrN4O. The predicted octanol–water partition coefficient (Wildman–Crippen LogP) is 3.80. The summed E-state index contributed by atoms with van der Waals surface area (Å²) >= 11 is 3.42. The molecule has 0 unspecified atom stereocenters. The van der Waals surface area contributed by atoms with E-state index >= 15 is 0 Å². The fourth-order valence-electron chi connectivity index (χ4n) is 2.30. The maximum Gasteiger partial charge on any atom is 0.138 e. The number of hydrogen-bond acceptors (Lipinski definition) is 5. The number of rotatable bonds is 3. The summed E-state index contributed by atoms with van der Waals surface area (Å²) in [4.78, 5) is 4.46. The topological polar surface area (TPSA) is 77.0 Å². The molecule has 3 aromatic rings. The van der Waals surface area contributed by atoms with Gasteiger partial charge in [0.1, 0.15) is 5.76 Å². The number of nitrogens with two attached hydrogens (primary N) is 1. The number of nitrogens with one attached hydrogen (secondary N) is 1. The highest BCUT2D eigenvalue weighted by Crippen LogP contribution is 2.29. The third-order valence-electron chi connectivity index (χ3n) is 3.49. The van der Waals surface area contributed by atoms with Crippen LogP contribution in [0.4, 0.5) is 11.4 Å². The van der Waals surface area contributed by atoms with E-state index in [2.05, 4.69) is 31.4 Å². The van der Waals surface area contributed by atoms with Gasteiger partial charge >= 0.3 is 0 Å². The summed E-state index contributed by atoms with van der Waals surface area (Å²) in [5.74, 6) is 0.829. The van der Waals surface area contributed by atoms with E-state index in [1.165, 1.54) is 0 Å². The van der Waals surface area contributed by atoms with Crippen molar-refractivity contribution >= 4 is 38.2 Å². The van der Waals surface area contributed by atoms with Crippen LogP contribution in [-0.2, 0) is 6.54 Å². The Balaban J connectivity index is 1.96. The molecule has 0 atom stereocenters. The molecule has 6 heteroatoms. The van der Waals surface area contributed by atoms with Crippen LogP contribution in [0, 0.1) is 13.8 Å². The minimum Gasteiger partial charge on any atom is -0.398 e. The van der Waals surface area contributed by atoms with Crippen LogP contribution in [0.3, 0.4) is 0 Å². The van der Waals surface area contributed by atoms with E-state index in [0.29, 0.717) is 12.2 Å². The molecule has 0 aliphatic carbocycles. The second-order valence-corrected chi connectivity index (χ2v) is 5.82. The zero-order valence-corrected chi connectivity index (χ0v) is 13.4. The first kappa shape index (κ1) is 13.9. The molecule has 0 saturated carbocycles. The summed E-state index contributed by atoms with van der Waals surface area (Å²) in [6, 6.07) is 5.79. The molecule has 0 spiro atoms. The number of fused-ring (bicyclic) bond motifs is 1. The lowest BCUT2D eigenvalue weighted by Gasteiger charge is -2.11. The molecule has 0 amide bonds.